The van der Waals surface area contributed by atoms with Crippen LogP contribution in [-0.2, 0) is 17.8 Å². The number of benzene rings is 2. The van der Waals surface area contributed by atoms with Gasteiger partial charge in [0.15, 0.2) is 11.5 Å². The van der Waals surface area contributed by atoms with Gasteiger partial charge < -0.3 is 19.4 Å². The maximum atomic E-state index is 11.6. The van der Waals surface area contributed by atoms with Crippen LogP contribution in [0.2, 0.25) is 0 Å². The fourth-order valence-corrected chi connectivity index (χ4v) is 3.31. The van der Waals surface area contributed by atoms with Crippen molar-refractivity contribution in [2.24, 2.45) is 0 Å². The highest BCUT2D eigenvalue weighted by Gasteiger charge is 2.11. The van der Waals surface area contributed by atoms with E-state index in [1.165, 1.54) is 0 Å². The van der Waals surface area contributed by atoms with Crippen molar-refractivity contribution in [1.82, 2.24) is 14.9 Å². The zero-order valence-corrected chi connectivity index (χ0v) is 17.7. The summed E-state index contributed by atoms with van der Waals surface area (Å²) in [5.74, 6) is 2.42. The van der Waals surface area contributed by atoms with Crippen molar-refractivity contribution in [3.05, 3.63) is 66.5 Å². The Morgan fingerprint density at radius 3 is 2.60 bits per heavy atom. The number of rotatable bonds is 11. The van der Waals surface area contributed by atoms with E-state index in [-0.39, 0.29) is 5.91 Å². The van der Waals surface area contributed by atoms with Gasteiger partial charge in [0.25, 0.3) is 0 Å². The molecule has 0 aliphatic rings. The van der Waals surface area contributed by atoms with Gasteiger partial charge in [-0.1, -0.05) is 30.8 Å². The van der Waals surface area contributed by atoms with E-state index in [0.29, 0.717) is 18.7 Å². The number of nitrogens with zero attached hydrogens (tertiary/aromatic N) is 2. The van der Waals surface area contributed by atoms with E-state index in [4.69, 9.17) is 14.5 Å². The van der Waals surface area contributed by atoms with Crippen LogP contribution in [0.4, 0.5) is 0 Å². The Bertz CT molecular complexity index is 1010. The molecule has 3 aromatic rings. The lowest BCUT2D eigenvalue weighted by Crippen LogP contribution is -2.25. The molecule has 0 saturated heterocycles. The zero-order chi connectivity index (χ0) is 21.3. The van der Waals surface area contributed by atoms with Gasteiger partial charge >= 0.3 is 0 Å². The molecule has 0 saturated carbocycles. The second-order valence-corrected chi connectivity index (χ2v) is 7.16. The van der Waals surface area contributed by atoms with E-state index in [0.717, 1.165) is 54.2 Å². The highest BCUT2D eigenvalue weighted by Crippen LogP contribution is 2.26. The molecule has 3 rings (SSSR count). The molecule has 1 N–H and O–H groups in total. The number of fused-ring (bicyclic) bond motifs is 1. The monoisotopic (exact) mass is 407 g/mol. The molecule has 0 radical (unpaired) electrons. The highest BCUT2D eigenvalue weighted by molar-refractivity contribution is 5.92. The average molecular weight is 408 g/mol. The fourth-order valence-electron chi connectivity index (χ4n) is 3.31. The standard InChI is InChI=1S/C24H29N3O3/c1-18(2)24(28)25-15-8-14-23-26-19-10-4-5-11-20(19)27(23)16-9-17-30-22-13-7-6-12-21(22)29-3/h4-7,10-13H,1,8-9,14-17H2,2-3H3,(H,25,28). The van der Waals surface area contributed by atoms with Crippen LogP contribution in [0.5, 0.6) is 11.5 Å². The summed E-state index contributed by atoms with van der Waals surface area (Å²) in [6.45, 7) is 7.37. The van der Waals surface area contributed by atoms with Crippen molar-refractivity contribution in [3.8, 4) is 11.5 Å². The van der Waals surface area contributed by atoms with Gasteiger partial charge in [0, 0.05) is 25.1 Å². The molecule has 0 bridgehead atoms. The number of methoxy groups -OCH3 is 1. The Kier molecular flexibility index (Phi) is 7.49. The molecule has 6 nitrogen and oxygen atoms in total. The first-order valence-electron chi connectivity index (χ1n) is 10.2. The maximum Gasteiger partial charge on any atom is 0.246 e. The number of carbonyl (C=O) groups excluding carboxylic acids is 1. The van der Waals surface area contributed by atoms with Crippen molar-refractivity contribution in [1.29, 1.82) is 0 Å². The molecular formula is C24H29N3O3. The van der Waals surface area contributed by atoms with E-state index in [1.807, 2.05) is 42.5 Å². The number of aryl methyl sites for hydroxylation is 2. The quantitative estimate of drug-likeness (QED) is 0.383. The van der Waals surface area contributed by atoms with Gasteiger partial charge in [0.2, 0.25) is 5.91 Å². The van der Waals surface area contributed by atoms with Gasteiger partial charge in [-0.05, 0) is 44.0 Å². The number of imidazole rings is 1. The summed E-state index contributed by atoms with van der Waals surface area (Å²) in [6, 6.07) is 15.8. The molecular weight excluding hydrogens is 378 g/mol. The molecule has 0 aliphatic heterocycles. The largest absolute Gasteiger partial charge is 0.493 e. The lowest BCUT2D eigenvalue weighted by atomic mass is 10.2. The maximum absolute atomic E-state index is 11.6. The first kappa shape index (κ1) is 21.4. The van der Waals surface area contributed by atoms with Crippen molar-refractivity contribution < 1.29 is 14.3 Å². The van der Waals surface area contributed by atoms with Crippen molar-refractivity contribution in [2.45, 2.75) is 32.7 Å². The summed E-state index contributed by atoms with van der Waals surface area (Å²) < 4.78 is 13.5. The molecule has 0 fully saturated rings. The fraction of sp³-hybridized carbons (Fsp3) is 0.333. The van der Waals surface area contributed by atoms with Gasteiger partial charge in [-0.3, -0.25) is 4.79 Å². The molecule has 1 amide bonds. The summed E-state index contributed by atoms with van der Waals surface area (Å²) in [4.78, 5) is 16.4. The van der Waals surface area contributed by atoms with Crippen LogP contribution >= 0.6 is 0 Å². The van der Waals surface area contributed by atoms with Crippen LogP contribution in [0.3, 0.4) is 0 Å². The molecule has 30 heavy (non-hydrogen) atoms. The first-order chi connectivity index (χ1) is 14.6. The minimum atomic E-state index is -0.100. The first-order valence-corrected chi connectivity index (χ1v) is 10.2. The Labute approximate surface area is 177 Å². The average Bonchev–Trinajstić information content (AvgIpc) is 3.11. The number of hydrogen-bond acceptors (Lipinski definition) is 4. The second-order valence-electron chi connectivity index (χ2n) is 7.16. The van der Waals surface area contributed by atoms with Crippen LogP contribution in [0.15, 0.2) is 60.7 Å². The minimum absolute atomic E-state index is 0.100. The Hall–Kier alpha value is -3.28. The van der Waals surface area contributed by atoms with E-state index >= 15 is 0 Å². The number of para-hydroxylation sites is 4. The minimum Gasteiger partial charge on any atom is -0.493 e. The Morgan fingerprint density at radius 2 is 1.83 bits per heavy atom. The summed E-state index contributed by atoms with van der Waals surface area (Å²) in [7, 11) is 1.64. The Morgan fingerprint density at radius 1 is 1.10 bits per heavy atom. The van der Waals surface area contributed by atoms with E-state index in [2.05, 4.69) is 22.5 Å². The SMILES string of the molecule is C=C(C)C(=O)NCCCc1nc2ccccc2n1CCCOc1ccccc1OC. The third-order valence-electron chi connectivity index (χ3n) is 4.84. The number of nitrogens with one attached hydrogen (secondary N) is 1. The van der Waals surface area contributed by atoms with Crippen molar-refractivity contribution in [2.75, 3.05) is 20.3 Å². The molecule has 1 heterocycles. The molecule has 0 unspecified atom stereocenters. The van der Waals surface area contributed by atoms with Crippen LogP contribution < -0.4 is 14.8 Å². The molecule has 1 aromatic heterocycles. The van der Waals surface area contributed by atoms with Crippen LogP contribution in [0, 0.1) is 0 Å². The number of carbonyl (C=O) groups is 1. The van der Waals surface area contributed by atoms with Crippen molar-refractivity contribution >= 4 is 16.9 Å². The van der Waals surface area contributed by atoms with Crippen LogP contribution in [-0.4, -0.2) is 35.7 Å². The Balaban J connectivity index is 1.60. The summed E-state index contributed by atoms with van der Waals surface area (Å²) in [6.07, 6.45) is 2.45. The van der Waals surface area contributed by atoms with E-state index < -0.39 is 0 Å². The number of amides is 1. The second kappa shape index (κ2) is 10.5. The van der Waals surface area contributed by atoms with E-state index in [1.54, 1.807) is 14.0 Å². The van der Waals surface area contributed by atoms with Gasteiger partial charge in [-0.25, -0.2) is 4.98 Å². The summed E-state index contributed by atoms with van der Waals surface area (Å²) in [5, 5.41) is 2.88. The number of hydrogen-bond donors (Lipinski definition) is 1. The molecule has 0 atom stereocenters. The lowest BCUT2D eigenvalue weighted by molar-refractivity contribution is -0.117. The topological polar surface area (TPSA) is 65.4 Å². The highest BCUT2D eigenvalue weighted by atomic mass is 16.5. The molecule has 2 aromatic carbocycles. The smallest absolute Gasteiger partial charge is 0.246 e. The lowest BCUT2D eigenvalue weighted by Gasteiger charge is -2.12. The predicted molar refractivity (Wildman–Crippen MR) is 119 cm³/mol. The van der Waals surface area contributed by atoms with Crippen LogP contribution in [0.1, 0.15) is 25.6 Å². The van der Waals surface area contributed by atoms with Gasteiger partial charge in [-0.15, -0.1) is 0 Å². The van der Waals surface area contributed by atoms with Crippen LogP contribution in [0.25, 0.3) is 11.0 Å². The third kappa shape index (κ3) is 5.41. The summed E-state index contributed by atoms with van der Waals surface area (Å²) >= 11 is 0. The number of aromatic nitrogens is 2. The van der Waals surface area contributed by atoms with Gasteiger partial charge in [0.1, 0.15) is 5.82 Å². The molecule has 158 valence electrons. The van der Waals surface area contributed by atoms with Gasteiger partial charge in [-0.2, -0.15) is 0 Å². The summed E-state index contributed by atoms with van der Waals surface area (Å²) in [5.41, 5.74) is 2.64. The number of ether oxygens (including phenoxy) is 2. The molecule has 0 spiro atoms. The molecule has 0 aliphatic carbocycles. The predicted octanol–water partition coefficient (Wildman–Crippen LogP) is 4.14. The van der Waals surface area contributed by atoms with Gasteiger partial charge in [0.05, 0.1) is 24.8 Å². The zero-order valence-electron chi connectivity index (χ0n) is 17.7. The van der Waals surface area contributed by atoms with E-state index in [9.17, 15) is 4.79 Å². The van der Waals surface area contributed by atoms with Crippen molar-refractivity contribution in [3.63, 3.8) is 0 Å². The normalized spacial score (nSPS) is 10.7. The molecule has 6 heteroatoms. The third-order valence-corrected chi connectivity index (χ3v) is 4.84.